The number of hydrogen-bond acceptors (Lipinski definition) is 2. The number of benzene rings is 4. The molecule has 0 bridgehead atoms. The molecule has 0 amide bonds. The smallest absolute Gasteiger partial charge is 0.0750 e. The molecule has 2 atom stereocenters. The molecule has 4 aromatic rings. The number of rotatable bonds is 2. The van der Waals surface area contributed by atoms with Crippen molar-refractivity contribution in [3.05, 3.63) is 114 Å². The molecule has 2 nitrogen and oxygen atoms in total. The lowest BCUT2D eigenvalue weighted by Gasteiger charge is -2.47. The molecule has 2 heteroatoms. The Hall–Kier alpha value is -3.52. The molecule has 152 valence electrons. The Labute approximate surface area is 184 Å². The minimum Gasteiger partial charge on any atom is -0.376 e. The minimum atomic E-state index is -0.0103. The molecular formula is C29H26N2. The molecule has 0 saturated heterocycles. The van der Waals surface area contributed by atoms with Gasteiger partial charge in [-0.15, -0.1) is 0 Å². The third-order valence-electron chi connectivity index (χ3n) is 7.05. The topological polar surface area (TPSA) is 15.3 Å². The highest BCUT2D eigenvalue weighted by Crippen LogP contribution is 2.55. The Bertz CT molecular complexity index is 1240. The summed E-state index contributed by atoms with van der Waals surface area (Å²) in [5, 5.41) is 3.87. The van der Waals surface area contributed by atoms with E-state index in [4.69, 9.17) is 0 Å². The molecular weight excluding hydrogens is 376 g/mol. The van der Waals surface area contributed by atoms with Crippen molar-refractivity contribution in [3.63, 3.8) is 0 Å². The van der Waals surface area contributed by atoms with E-state index in [-0.39, 0.29) is 11.5 Å². The SMILES string of the molecule is CC1(C)c2ccccc2NC2c3ccccc3N(c3ccc(-c4ccccc4)cc3)C21. The highest BCUT2D eigenvalue weighted by Gasteiger charge is 2.51. The molecule has 2 unspecified atom stereocenters. The maximum Gasteiger partial charge on any atom is 0.0750 e. The third-order valence-corrected chi connectivity index (χ3v) is 7.05. The van der Waals surface area contributed by atoms with Gasteiger partial charge in [0.25, 0.3) is 0 Å². The van der Waals surface area contributed by atoms with E-state index in [1.807, 2.05) is 0 Å². The number of nitrogens with one attached hydrogen (secondary N) is 1. The standard InChI is InChI=1S/C29H26N2/c1-29(2)24-13-7-8-14-25(24)30-27-23-12-6-9-15-26(23)31(28(27)29)22-18-16-21(17-19-22)20-10-4-3-5-11-20/h3-19,27-28,30H,1-2H3. The van der Waals surface area contributed by atoms with Crippen LogP contribution < -0.4 is 10.2 Å². The van der Waals surface area contributed by atoms with Crippen LogP contribution in [0.15, 0.2) is 103 Å². The number of fused-ring (bicyclic) bond motifs is 4. The van der Waals surface area contributed by atoms with Crippen molar-refractivity contribution >= 4 is 17.1 Å². The second kappa shape index (κ2) is 6.75. The first-order chi connectivity index (χ1) is 15.1. The van der Waals surface area contributed by atoms with E-state index in [9.17, 15) is 0 Å². The van der Waals surface area contributed by atoms with Gasteiger partial charge in [0.05, 0.1) is 12.1 Å². The quantitative estimate of drug-likeness (QED) is 0.378. The summed E-state index contributed by atoms with van der Waals surface area (Å²) in [6, 6.07) is 37.8. The monoisotopic (exact) mass is 402 g/mol. The first-order valence-electron chi connectivity index (χ1n) is 11.0. The summed E-state index contributed by atoms with van der Waals surface area (Å²) in [7, 11) is 0. The largest absolute Gasteiger partial charge is 0.376 e. The fourth-order valence-electron chi connectivity index (χ4n) is 5.58. The summed E-state index contributed by atoms with van der Waals surface area (Å²) in [6.45, 7) is 4.78. The summed E-state index contributed by atoms with van der Waals surface area (Å²) < 4.78 is 0. The molecule has 0 radical (unpaired) electrons. The van der Waals surface area contributed by atoms with Crippen LogP contribution in [-0.4, -0.2) is 6.04 Å². The second-order valence-electron chi connectivity index (χ2n) is 9.18. The summed E-state index contributed by atoms with van der Waals surface area (Å²) in [5.74, 6) is 0. The Morgan fingerprint density at radius 3 is 2.13 bits per heavy atom. The van der Waals surface area contributed by atoms with Crippen molar-refractivity contribution in [1.29, 1.82) is 0 Å². The molecule has 31 heavy (non-hydrogen) atoms. The summed E-state index contributed by atoms with van der Waals surface area (Å²) >= 11 is 0. The highest BCUT2D eigenvalue weighted by atomic mass is 15.3. The molecule has 2 aliphatic heterocycles. The predicted octanol–water partition coefficient (Wildman–Crippen LogP) is 7.32. The number of para-hydroxylation sites is 2. The van der Waals surface area contributed by atoms with E-state index in [1.54, 1.807) is 0 Å². The molecule has 0 fully saturated rings. The number of anilines is 3. The van der Waals surface area contributed by atoms with Crippen LogP contribution in [0.3, 0.4) is 0 Å². The van der Waals surface area contributed by atoms with E-state index < -0.39 is 0 Å². The van der Waals surface area contributed by atoms with Crippen molar-refractivity contribution in [3.8, 4) is 11.1 Å². The average Bonchev–Trinajstić information content (AvgIpc) is 3.15. The van der Waals surface area contributed by atoms with Crippen LogP contribution >= 0.6 is 0 Å². The van der Waals surface area contributed by atoms with Crippen LogP contribution in [0.5, 0.6) is 0 Å². The molecule has 0 aromatic heterocycles. The van der Waals surface area contributed by atoms with Gasteiger partial charge in [-0.1, -0.05) is 92.7 Å². The van der Waals surface area contributed by atoms with E-state index >= 15 is 0 Å². The van der Waals surface area contributed by atoms with Gasteiger partial charge in [-0.05, 0) is 41.0 Å². The van der Waals surface area contributed by atoms with Crippen LogP contribution in [0, 0.1) is 0 Å². The maximum atomic E-state index is 3.87. The van der Waals surface area contributed by atoms with Gasteiger partial charge in [0, 0.05) is 28.0 Å². The lowest BCUT2D eigenvalue weighted by atomic mass is 9.71. The Balaban J connectivity index is 1.48. The van der Waals surface area contributed by atoms with Crippen molar-refractivity contribution in [2.75, 3.05) is 10.2 Å². The maximum absolute atomic E-state index is 3.87. The van der Waals surface area contributed by atoms with Crippen LogP contribution in [0.25, 0.3) is 11.1 Å². The fraction of sp³-hybridized carbons (Fsp3) is 0.172. The second-order valence-corrected chi connectivity index (χ2v) is 9.18. The molecule has 4 aromatic carbocycles. The Morgan fingerprint density at radius 2 is 1.32 bits per heavy atom. The average molecular weight is 403 g/mol. The Morgan fingerprint density at radius 1 is 0.677 bits per heavy atom. The fourth-order valence-corrected chi connectivity index (χ4v) is 5.58. The molecule has 6 rings (SSSR count). The third kappa shape index (κ3) is 2.71. The van der Waals surface area contributed by atoms with E-state index in [2.05, 4.69) is 127 Å². The van der Waals surface area contributed by atoms with Gasteiger partial charge < -0.3 is 10.2 Å². The molecule has 2 heterocycles. The summed E-state index contributed by atoms with van der Waals surface area (Å²) in [4.78, 5) is 2.55. The van der Waals surface area contributed by atoms with Crippen LogP contribution in [0.2, 0.25) is 0 Å². The molecule has 0 spiro atoms. The van der Waals surface area contributed by atoms with Gasteiger partial charge in [-0.2, -0.15) is 0 Å². The van der Waals surface area contributed by atoms with Crippen LogP contribution in [-0.2, 0) is 5.41 Å². The van der Waals surface area contributed by atoms with Gasteiger partial charge in [0.1, 0.15) is 0 Å². The van der Waals surface area contributed by atoms with Gasteiger partial charge in [0.15, 0.2) is 0 Å². The summed E-state index contributed by atoms with van der Waals surface area (Å²) in [5.41, 5.74) is 9.06. The zero-order valence-electron chi connectivity index (χ0n) is 17.9. The molecule has 0 saturated carbocycles. The van der Waals surface area contributed by atoms with E-state index in [1.165, 1.54) is 39.3 Å². The molecule has 2 aliphatic rings. The summed E-state index contributed by atoms with van der Waals surface area (Å²) in [6.07, 6.45) is 0. The Kier molecular flexibility index (Phi) is 3.97. The van der Waals surface area contributed by atoms with Crippen molar-refractivity contribution in [2.24, 2.45) is 0 Å². The zero-order chi connectivity index (χ0) is 21.0. The van der Waals surface area contributed by atoms with Gasteiger partial charge >= 0.3 is 0 Å². The van der Waals surface area contributed by atoms with Crippen LogP contribution in [0.1, 0.15) is 31.0 Å². The minimum absolute atomic E-state index is 0.0103. The normalized spacial score (nSPS) is 20.4. The number of nitrogens with zero attached hydrogens (tertiary/aromatic N) is 1. The first-order valence-corrected chi connectivity index (χ1v) is 11.0. The van der Waals surface area contributed by atoms with Gasteiger partial charge in [-0.25, -0.2) is 0 Å². The lowest BCUT2D eigenvalue weighted by molar-refractivity contribution is 0.369. The van der Waals surface area contributed by atoms with Gasteiger partial charge in [0.2, 0.25) is 0 Å². The lowest BCUT2D eigenvalue weighted by Crippen LogP contribution is -2.50. The molecule has 1 N–H and O–H groups in total. The predicted molar refractivity (Wildman–Crippen MR) is 130 cm³/mol. The first kappa shape index (κ1) is 18.3. The van der Waals surface area contributed by atoms with Crippen molar-refractivity contribution in [2.45, 2.75) is 31.3 Å². The highest BCUT2D eigenvalue weighted by molar-refractivity contribution is 5.79. The molecule has 0 aliphatic carbocycles. The number of hydrogen-bond donors (Lipinski definition) is 1. The van der Waals surface area contributed by atoms with E-state index in [0.717, 1.165) is 0 Å². The van der Waals surface area contributed by atoms with Crippen molar-refractivity contribution in [1.82, 2.24) is 0 Å². The zero-order valence-corrected chi connectivity index (χ0v) is 17.9. The van der Waals surface area contributed by atoms with E-state index in [0.29, 0.717) is 6.04 Å². The van der Waals surface area contributed by atoms with Gasteiger partial charge in [-0.3, -0.25) is 0 Å². The van der Waals surface area contributed by atoms with Crippen LogP contribution in [0.4, 0.5) is 17.1 Å². The van der Waals surface area contributed by atoms with Crippen molar-refractivity contribution < 1.29 is 0 Å².